The molecule has 0 aliphatic rings. The van der Waals surface area contributed by atoms with E-state index in [9.17, 15) is 9.59 Å². The molecule has 7 heteroatoms. The van der Waals surface area contributed by atoms with Crippen LogP contribution in [0.4, 0.5) is 0 Å². The molecule has 2 rings (SSSR count). The van der Waals surface area contributed by atoms with E-state index in [1.54, 1.807) is 25.3 Å². The molecule has 0 saturated carbocycles. The molecule has 2 aromatic heterocycles. The van der Waals surface area contributed by atoms with Crippen molar-refractivity contribution in [2.75, 3.05) is 6.54 Å². The van der Waals surface area contributed by atoms with Crippen LogP contribution in [0.3, 0.4) is 0 Å². The van der Waals surface area contributed by atoms with Gasteiger partial charge in [0.05, 0.1) is 10.7 Å². The number of carboxylic acids is 1. The van der Waals surface area contributed by atoms with E-state index in [-0.39, 0.29) is 10.8 Å². The van der Waals surface area contributed by atoms with Crippen LogP contribution < -0.4 is 5.32 Å². The lowest BCUT2D eigenvalue weighted by molar-refractivity contribution is 0.0701. The first-order chi connectivity index (χ1) is 9.08. The molecule has 2 aromatic rings. The van der Waals surface area contributed by atoms with Gasteiger partial charge in [-0.2, -0.15) is 0 Å². The highest BCUT2D eigenvalue weighted by molar-refractivity contribution is 7.13. The van der Waals surface area contributed by atoms with Crippen LogP contribution >= 0.6 is 11.3 Å². The average molecular weight is 279 g/mol. The molecule has 6 nitrogen and oxygen atoms in total. The summed E-state index contributed by atoms with van der Waals surface area (Å²) in [6.45, 7) is 2.09. The van der Waals surface area contributed by atoms with E-state index in [1.807, 2.05) is 0 Å². The smallest absolute Gasteiger partial charge is 0.347 e. The Morgan fingerprint density at radius 3 is 2.89 bits per heavy atom. The van der Waals surface area contributed by atoms with Gasteiger partial charge < -0.3 is 15.4 Å². The number of H-pyrrole nitrogens is 1. The second-order valence-electron chi connectivity index (χ2n) is 3.92. The third kappa shape index (κ3) is 3.19. The van der Waals surface area contributed by atoms with Crippen molar-refractivity contribution < 1.29 is 14.7 Å². The number of carbonyl (C=O) groups is 2. The fourth-order valence-electron chi connectivity index (χ4n) is 1.61. The van der Waals surface area contributed by atoms with Crippen molar-refractivity contribution in [1.29, 1.82) is 0 Å². The number of hydrogen-bond acceptors (Lipinski definition) is 4. The largest absolute Gasteiger partial charge is 0.477 e. The Bertz CT molecular complexity index is 589. The number of nitrogens with one attached hydrogen (secondary N) is 2. The van der Waals surface area contributed by atoms with E-state index in [4.69, 9.17) is 5.11 Å². The van der Waals surface area contributed by atoms with Crippen molar-refractivity contribution in [3.05, 3.63) is 39.6 Å². The van der Waals surface area contributed by atoms with Gasteiger partial charge in [0.1, 0.15) is 10.6 Å². The molecule has 0 aromatic carbocycles. The monoisotopic (exact) mass is 279 g/mol. The molecular weight excluding hydrogens is 266 g/mol. The summed E-state index contributed by atoms with van der Waals surface area (Å²) in [5.74, 6) is -1.14. The van der Waals surface area contributed by atoms with Crippen molar-refractivity contribution in [3.8, 4) is 0 Å². The Kier molecular flexibility index (Phi) is 3.96. The number of aromatic carboxylic acids is 1. The lowest BCUT2D eigenvalue weighted by Crippen LogP contribution is -2.25. The van der Waals surface area contributed by atoms with E-state index in [1.165, 1.54) is 0 Å². The SMILES string of the molecule is Cc1nc(CCNC(=O)c2ccc[nH]2)sc1C(=O)O. The van der Waals surface area contributed by atoms with Crippen LogP contribution in [0.5, 0.6) is 0 Å². The van der Waals surface area contributed by atoms with Crippen LogP contribution in [0.1, 0.15) is 30.9 Å². The summed E-state index contributed by atoms with van der Waals surface area (Å²) in [6, 6.07) is 3.43. The number of amides is 1. The average Bonchev–Trinajstić information content (AvgIpc) is 2.98. The van der Waals surface area contributed by atoms with Gasteiger partial charge >= 0.3 is 5.97 Å². The number of aryl methyl sites for hydroxylation is 1. The van der Waals surface area contributed by atoms with E-state index in [0.717, 1.165) is 11.3 Å². The summed E-state index contributed by atoms with van der Waals surface area (Å²) < 4.78 is 0. The molecule has 0 atom stereocenters. The normalized spacial score (nSPS) is 10.4. The van der Waals surface area contributed by atoms with Crippen LogP contribution in [-0.4, -0.2) is 33.5 Å². The van der Waals surface area contributed by atoms with Gasteiger partial charge in [0.2, 0.25) is 0 Å². The highest BCUT2D eigenvalue weighted by Gasteiger charge is 2.14. The van der Waals surface area contributed by atoms with Gasteiger partial charge in [-0.15, -0.1) is 11.3 Å². The quantitative estimate of drug-likeness (QED) is 0.772. The van der Waals surface area contributed by atoms with E-state index in [0.29, 0.717) is 29.4 Å². The molecular formula is C12H13N3O3S. The van der Waals surface area contributed by atoms with Gasteiger partial charge in [-0.25, -0.2) is 9.78 Å². The summed E-state index contributed by atoms with van der Waals surface area (Å²) in [6.07, 6.45) is 2.20. The highest BCUT2D eigenvalue weighted by atomic mass is 32.1. The maximum absolute atomic E-state index is 11.6. The summed E-state index contributed by atoms with van der Waals surface area (Å²) in [4.78, 5) is 29.7. The third-order valence-corrected chi connectivity index (χ3v) is 3.71. The molecule has 0 unspecified atom stereocenters. The number of aromatic nitrogens is 2. The van der Waals surface area contributed by atoms with Gasteiger partial charge in [0, 0.05) is 19.2 Å². The Balaban J connectivity index is 1.88. The lowest BCUT2D eigenvalue weighted by atomic mass is 10.3. The van der Waals surface area contributed by atoms with E-state index in [2.05, 4.69) is 15.3 Å². The zero-order valence-electron chi connectivity index (χ0n) is 10.3. The zero-order chi connectivity index (χ0) is 13.8. The Hall–Kier alpha value is -2.15. The summed E-state index contributed by atoms with van der Waals surface area (Å²) >= 11 is 1.15. The standard InChI is InChI=1S/C12H13N3O3S/c1-7-10(12(17)18)19-9(15-7)4-6-14-11(16)8-3-2-5-13-8/h2-3,5,13H,4,6H2,1H3,(H,14,16)(H,17,18). The molecule has 19 heavy (non-hydrogen) atoms. The zero-order valence-corrected chi connectivity index (χ0v) is 11.1. The van der Waals surface area contributed by atoms with Crippen LogP contribution in [0.2, 0.25) is 0 Å². The number of thiazole rings is 1. The van der Waals surface area contributed by atoms with Crippen LogP contribution in [-0.2, 0) is 6.42 Å². The first-order valence-electron chi connectivity index (χ1n) is 5.69. The van der Waals surface area contributed by atoms with Gasteiger partial charge in [0.15, 0.2) is 0 Å². The third-order valence-electron chi connectivity index (χ3n) is 2.50. The summed E-state index contributed by atoms with van der Waals surface area (Å²) in [5, 5.41) is 12.4. The van der Waals surface area contributed by atoms with E-state index < -0.39 is 5.97 Å². The minimum Gasteiger partial charge on any atom is -0.477 e. The highest BCUT2D eigenvalue weighted by Crippen LogP contribution is 2.18. The molecule has 0 bridgehead atoms. The summed E-state index contributed by atoms with van der Waals surface area (Å²) in [7, 11) is 0. The molecule has 0 aliphatic heterocycles. The molecule has 2 heterocycles. The van der Waals surface area contributed by atoms with Gasteiger partial charge in [-0.05, 0) is 19.1 Å². The number of carbonyl (C=O) groups excluding carboxylic acids is 1. The molecule has 0 spiro atoms. The van der Waals surface area contributed by atoms with Crippen LogP contribution in [0.25, 0.3) is 0 Å². The molecule has 0 fully saturated rings. The number of rotatable bonds is 5. The van der Waals surface area contributed by atoms with E-state index >= 15 is 0 Å². The predicted octanol–water partition coefficient (Wildman–Crippen LogP) is 1.45. The molecule has 3 N–H and O–H groups in total. The second kappa shape index (κ2) is 5.66. The van der Waals surface area contributed by atoms with Crippen molar-refractivity contribution in [2.24, 2.45) is 0 Å². The van der Waals surface area contributed by atoms with Crippen molar-refractivity contribution in [2.45, 2.75) is 13.3 Å². The number of aromatic amines is 1. The fourth-order valence-corrected chi connectivity index (χ4v) is 2.51. The van der Waals surface area contributed by atoms with Crippen molar-refractivity contribution >= 4 is 23.2 Å². The lowest BCUT2D eigenvalue weighted by Gasteiger charge is -2.01. The topological polar surface area (TPSA) is 95.1 Å². The maximum Gasteiger partial charge on any atom is 0.347 e. The second-order valence-corrected chi connectivity index (χ2v) is 5.00. The maximum atomic E-state index is 11.6. The van der Waals surface area contributed by atoms with Gasteiger partial charge in [0.25, 0.3) is 5.91 Å². The molecule has 100 valence electrons. The minimum atomic E-state index is -0.961. The predicted molar refractivity (Wildman–Crippen MR) is 70.6 cm³/mol. The van der Waals surface area contributed by atoms with Crippen molar-refractivity contribution in [1.82, 2.24) is 15.3 Å². The molecule has 0 saturated heterocycles. The molecule has 1 amide bonds. The van der Waals surface area contributed by atoms with Crippen molar-refractivity contribution in [3.63, 3.8) is 0 Å². The Morgan fingerprint density at radius 2 is 2.32 bits per heavy atom. The molecule has 0 radical (unpaired) electrons. The van der Waals surface area contributed by atoms with Gasteiger partial charge in [-0.1, -0.05) is 0 Å². The number of carboxylic acid groups (broad SMARTS) is 1. The Morgan fingerprint density at radius 1 is 1.53 bits per heavy atom. The van der Waals surface area contributed by atoms with Crippen LogP contribution in [0.15, 0.2) is 18.3 Å². The minimum absolute atomic E-state index is 0.184. The first kappa shape index (κ1) is 13.3. The summed E-state index contributed by atoms with van der Waals surface area (Å²) in [5.41, 5.74) is 1.02. The number of nitrogens with zero attached hydrogens (tertiary/aromatic N) is 1. The van der Waals surface area contributed by atoms with Crippen LogP contribution in [0, 0.1) is 6.92 Å². The first-order valence-corrected chi connectivity index (χ1v) is 6.50. The number of hydrogen-bond donors (Lipinski definition) is 3. The Labute approximate surface area is 113 Å². The molecule has 0 aliphatic carbocycles. The fraction of sp³-hybridized carbons (Fsp3) is 0.250. The van der Waals surface area contributed by atoms with Gasteiger partial charge in [-0.3, -0.25) is 4.79 Å².